The zero-order valence-corrected chi connectivity index (χ0v) is 30.6. The second-order valence-corrected chi connectivity index (χ2v) is 19.5. The molecule has 15 unspecified atom stereocenters. The SMILES string of the molecule is CC(C)C1CC(C2CCC3OC3(C(C)C)C2)CC2OC21.CC1CC(C)C(C)(C(C)C)CC1C1CC2(C(C)C)CC2CC1C. The van der Waals surface area contributed by atoms with E-state index in [1.165, 1.54) is 51.4 Å². The molecule has 15 atom stereocenters. The molecule has 248 valence electrons. The molecule has 43 heavy (non-hydrogen) atoms. The van der Waals surface area contributed by atoms with Crippen molar-refractivity contribution in [3.8, 4) is 0 Å². The van der Waals surface area contributed by atoms with E-state index in [0.29, 0.717) is 29.6 Å². The number of hydrogen-bond acceptors (Lipinski definition) is 2. The van der Waals surface area contributed by atoms with Gasteiger partial charge in [-0.2, -0.15) is 0 Å². The highest BCUT2D eigenvalue weighted by atomic mass is 16.6. The molecule has 7 rings (SSSR count). The average Bonchev–Trinajstić information content (AvgIpc) is 3.83. The van der Waals surface area contributed by atoms with Crippen LogP contribution in [0, 0.1) is 87.8 Å². The zero-order valence-electron chi connectivity index (χ0n) is 30.6. The third-order valence-corrected chi connectivity index (χ3v) is 16.4. The molecule has 0 spiro atoms. The summed E-state index contributed by atoms with van der Waals surface area (Å²) < 4.78 is 12.1. The lowest BCUT2D eigenvalue weighted by molar-refractivity contribution is -0.0406. The molecule has 0 N–H and O–H groups in total. The average molecular weight is 597 g/mol. The Hall–Kier alpha value is -0.0800. The molecule has 7 fully saturated rings. The Labute approximate surface area is 268 Å². The molecule has 0 aromatic carbocycles. The molecule has 0 amide bonds. The molecule has 7 aliphatic rings. The summed E-state index contributed by atoms with van der Waals surface area (Å²) in [6.45, 7) is 29.7. The standard InChI is InChI=1S/C23H42.C18H30O2/c1-14(2)22(8)12-20(16(5)9-18(22)7)21-13-23(15(3)4)11-19(23)10-17(21)6;1-10(2)14-7-13(8-15-17(14)19-15)12-5-6-16-18(9-12,20-16)11(3)4/h14-21H,9-13H2,1-8H3;10-17H,5-9H2,1-4H3. The van der Waals surface area contributed by atoms with Crippen molar-refractivity contribution in [3.63, 3.8) is 0 Å². The molecule has 2 nitrogen and oxygen atoms in total. The molecule has 0 aromatic heterocycles. The summed E-state index contributed by atoms with van der Waals surface area (Å²) >= 11 is 0. The second kappa shape index (κ2) is 11.6. The molecular weight excluding hydrogens is 524 g/mol. The van der Waals surface area contributed by atoms with Gasteiger partial charge in [0, 0.05) is 0 Å². The van der Waals surface area contributed by atoms with E-state index in [2.05, 4.69) is 83.1 Å². The van der Waals surface area contributed by atoms with Crippen molar-refractivity contribution >= 4 is 0 Å². The second-order valence-electron chi connectivity index (χ2n) is 19.5. The van der Waals surface area contributed by atoms with Crippen molar-refractivity contribution in [3.05, 3.63) is 0 Å². The van der Waals surface area contributed by atoms with Gasteiger partial charge in [0.25, 0.3) is 0 Å². The zero-order chi connectivity index (χ0) is 31.2. The van der Waals surface area contributed by atoms with Crippen LogP contribution in [0.3, 0.4) is 0 Å². The fourth-order valence-corrected chi connectivity index (χ4v) is 12.4. The Morgan fingerprint density at radius 2 is 1.33 bits per heavy atom. The Bertz CT molecular complexity index is 984. The third kappa shape index (κ3) is 5.74. The first-order valence-electron chi connectivity index (χ1n) is 19.5. The van der Waals surface area contributed by atoms with Crippen molar-refractivity contribution in [2.45, 2.75) is 171 Å². The van der Waals surface area contributed by atoms with Gasteiger partial charge in [-0.3, -0.25) is 0 Å². The minimum absolute atomic E-state index is 0.261. The van der Waals surface area contributed by atoms with E-state index in [1.54, 1.807) is 12.8 Å². The maximum Gasteiger partial charge on any atom is 0.0973 e. The summed E-state index contributed by atoms with van der Waals surface area (Å²) in [7, 11) is 0. The predicted molar refractivity (Wildman–Crippen MR) is 181 cm³/mol. The monoisotopic (exact) mass is 597 g/mol. The summed E-state index contributed by atoms with van der Waals surface area (Å²) in [5, 5.41) is 0. The maximum atomic E-state index is 6.13. The van der Waals surface area contributed by atoms with Crippen LogP contribution >= 0.6 is 0 Å². The molecule has 0 radical (unpaired) electrons. The van der Waals surface area contributed by atoms with Gasteiger partial charge in [0.05, 0.1) is 23.9 Å². The van der Waals surface area contributed by atoms with Gasteiger partial charge in [0.1, 0.15) is 0 Å². The highest BCUT2D eigenvalue weighted by Gasteiger charge is 2.63. The molecule has 2 heterocycles. The number of rotatable bonds is 6. The van der Waals surface area contributed by atoms with Crippen molar-refractivity contribution in [1.29, 1.82) is 0 Å². The summed E-state index contributed by atoms with van der Waals surface area (Å²) in [5.41, 5.74) is 1.56. The van der Waals surface area contributed by atoms with Crippen LogP contribution < -0.4 is 0 Å². The molecule has 0 aromatic rings. The van der Waals surface area contributed by atoms with Gasteiger partial charge in [0.2, 0.25) is 0 Å². The van der Waals surface area contributed by atoms with E-state index < -0.39 is 0 Å². The summed E-state index contributed by atoms with van der Waals surface area (Å²) in [6.07, 6.45) is 16.1. The van der Waals surface area contributed by atoms with Crippen LogP contribution in [-0.4, -0.2) is 23.9 Å². The van der Waals surface area contributed by atoms with E-state index in [1.807, 2.05) is 0 Å². The first-order valence-corrected chi connectivity index (χ1v) is 19.5. The van der Waals surface area contributed by atoms with Crippen molar-refractivity contribution in [1.82, 2.24) is 0 Å². The third-order valence-electron chi connectivity index (χ3n) is 16.4. The van der Waals surface area contributed by atoms with Crippen molar-refractivity contribution in [2.75, 3.05) is 0 Å². The van der Waals surface area contributed by atoms with Crippen LogP contribution in [0.5, 0.6) is 0 Å². The largest absolute Gasteiger partial charge is 0.369 e. The van der Waals surface area contributed by atoms with Gasteiger partial charge < -0.3 is 9.47 Å². The lowest BCUT2D eigenvalue weighted by Gasteiger charge is -2.53. The predicted octanol–water partition coefficient (Wildman–Crippen LogP) is 11.1. The van der Waals surface area contributed by atoms with Crippen LogP contribution in [0.2, 0.25) is 0 Å². The quantitative estimate of drug-likeness (QED) is 0.285. The minimum Gasteiger partial charge on any atom is -0.369 e. The smallest absolute Gasteiger partial charge is 0.0973 e. The lowest BCUT2D eigenvalue weighted by atomic mass is 9.52. The molecule has 2 heteroatoms. The summed E-state index contributed by atoms with van der Waals surface area (Å²) in [5.74, 6) is 11.6. The van der Waals surface area contributed by atoms with Crippen LogP contribution in [0.15, 0.2) is 0 Å². The topological polar surface area (TPSA) is 25.1 Å². The number of ether oxygens (including phenoxy) is 2. The first kappa shape index (κ1) is 32.8. The lowest BCUT2D eigenvalue weighted by Crippen LogP contribution is -2.45. The minimum atomic E-state index is 0.261. The van der Waals surface area contributed by atoms with Gasteiger partial charge in [-0.25, -0.2) is 0 Å². The van der Waals surface area contributed by atoms with Crippen LogP contribution in [0.1, 0.15) is 147 Å². The van der Waals surface area contributed by atoms with Crippen LogP contribution in [0.25, 0.3) is 0 Å². The van der Waals surface area contributed by atoms with E-state index in [4.69, 9.17) is 9.47 Å². The van der Waals surface area contributed by atoms with E-state index in [0.717, 1.165) is 76.4 Å². The van der Waals surface area contributed by atoms with E-state index in [-0.39, 0.29) is 5.60 Å². The molecule has 0 bridgehead atoms. The Morgan fingerprint density at radius 1 is 0.651 bits per heavy atom. The molecule has 2 aliphatic heterocycles. The Morgan fingerprint density at radius 3 is 1.95 bits per heavy atom. The maximum absolute atomic E-state index is 6.13. The first-order chi connectivity index (χ1) is 20.1. The van der Waals surface area contributed by atoms with Gasteiger partial charge >= 0.3 is 0 Å². The van der Waals surface area contributed by atoms with Crippen molar-refractivity contribution < 1.29 is 9.47 Å². The van der Waals surface area contributed by atoms with Gasteiger partial charge in [0.15, 0.2) is 0 Å². The van der Waals surface area contributed by atoms with Crippen LogP contribution in [-0.2, 0) is 9.47 Å². The number of fused-ring (bicyclic) bond motifs is 3. The number of hydrogen-bond donors (Lipinski definition) is 0. The molecule has 2 saturated heterocycles. The fraction of sp³-hybridized carbons (Fsp3) is 1.00. The normalized spacial score (nSPS) is 53.6. The highest BCUT2D eigenvalue weighted by Crippen LogP contribution is 2.70. The van der Waals surface area contributed by atoms with Gasteiger partial charge in [-0.1, -0.05) is 83.1 Å². The van der Waals surface area contributed by atoms with Crippen molar-refractivity contribution in [2.24, 2.45) is 87.8 Å². The molecule has 5 saturated carbocycles. The molecular formula is C41H72O2. The van der Waals surface area contributed by atoms with E-state index in [9.17, 15) is 0 Å². The van der Waals surface area contributed by atoms with E-state index >= 15 is 0 Å². The fourth-order valence-electron chi connectivity index (χ4n) is 12.4. The summed E-state index contributed by atoms with van der Waals surface area (Å²) in [4.78, 5) is 0. The van der Waals surface area contributed by atoms with Gasteiger partial charge in [-0.15, -0.1) is 0 Å². The number of epoxide rings is 2. The Kier molecular flexibility index (Phi) is 8.83. The Balaban J connectivity index is 0.000000154. The van der Waals surface area contributed by atoms with Gasteiger partial charge in [-0.05, 0) is 152 Å². The molecule has 5 aliphatic carbocycles. The highest BCUT2D eigenvalue weighted by molar-refractivity contribution is 5.12. The summed E-state index contributed by atoms with van der Waals surface area (Å²) in [6, 6.07) is 0. The van der Waals surface area contributed by atoms with Crippen LogP contribution in [0.4, 0.5) is 0 Å².